The number of carbonyl (C=O) groups excluding carboxylic acids is 1. The number of ether oxygens (including phenoxy) is 1. The van der Waals surface area contributed by atoms with Gasteiger partial charge in [0, 0.05) is 32.2 Å². The van der Waals surface area contributed by atoms with E-state index >= 15 is 0 Å². The van der Waals surface area contributed by atoms with E-state index in [0.717, 1.165) is 37.6 Å². The molecule has 2 N–H and O–H groups in total. The topological polar surface area (TPSA) is 96.7 Å². The number of nitrogens with zero attached hydrogens (tertiary/aromatic N) is 5. The van der Waals surface area contributed by atoms with Gasteiger partial charge in [-0.3, -0.25) is 14.7 Å². The Morgan fingerprint density at radius 1 is 1.32 bits per heavy atom. The Labute approximate surface area is 200 Å². The van der Waals surface area contributed by atoms with Crippen molar-refractivity contribution in [1.82, 2.24) is 30.5 Å². The van der Waals surface area contributed by atoms with E-state index in [1.54, 1.807) is 13.2 Å². The number of hydrogen-bond donors (Lipinski definition) is 2. The van der Waals surface area contributed by atoms with E-state index in [4.69, 9.17) is 0 Å². The summed E-state index contributed by atoms with van der Waals surface area (Å²) < 4.78 is 6.10. The average molecular weight is 541 g/mol. The van der Waals surface area contributed by atoms with E-state index in [1.807, 2.05) is 0 Å². The minimum atomic E-state index is -0.357. The Morgan fingerprint density at radius 3 is 2.77 bits per heavy atom. The molecule has 10 heteroatoms. The summed E-state index contributed by atoms with van der Waals surface area (Å²) in [4.78, 5) is 18.2. The molecule has 2 atom stereocenters. The van der Waals surface area contributed by atoms with Crippen molar-refractivity contribution in [1.29, 1.82) is 0 Å². The van der Waals surface area contributed by atoms with Gasteiger partial charge in [-0.05, 0) is 25.3 Å². The van der Waals surface area contributed by atoms with Gasteiger partial charge in [0.25, 0.3) is 0 Å². The van der Waals surface area contributed by atoms with Crippen LogP contribution < -0.4 is 10.6 Å². The van der Waals surface area contributed by atoms with Crippen molar-refractivity contribution in [2.75, 3.05) is 20.7 Å². The normalized spacial score (nSPS) is 19.4. The molecule has 0 bridgehead atoms. The second-order valence-corrected chi connectivity index (χ2v) is 7.58. The molecule has 170 valence electrons. The van der Waals surface area contributed by atoms with Gasteiger partial charge in [-0.25, -0.2) is 4.68 Å². The fourth-order valence-corrected chi connectivity index (χ4v) is 3.66. The first-order valence-corrected chi connectivity index (χ1v) is 10.3. The van der Waals surface area contributed by atoms with Gasteiger partial charge in [-0.2, -0.15) is 0 Å². The molecule has 2 unspecified atom stereocenters. The van der Waals surface area contributed by atoms with Crippen LogP contribution in [0.3, 0.4) is 0 Å². The number of carbonyl (C=O) groups is 1. The monoisotopic (exact) mass is 541 g/mol. The van der Waals surface area contributed by atoms with Gasteiger partial charge in [-0.1, -0.05) is 35.5 Å². The predicted octanol–water partition coefficient (Wildman–Crippen LogP) is 1.79. The molecule has 2 heterocycles. The maximum absolute atomic E-state index is 11.3. The average Bonchev–Trinajstić information content (AvgIpc) is 3.20. The van der Waals surface area contributed by atoms with Crippen LogP contribution in [0.25, 0.3) is 0 Å². The minimum absolute atomic E-state index is 0. The number of esters is 1. The van der Waals surface area contributed by atoms with Crippen molar-refractivity contribution in [3.8, 4) is 0 Å². The van der Waals surface area contributed by atoms with Crippen LogP contribution in [0.4, 0.5) is 0 Å². The maximum atomic E-state index is 11.3. The molecule has 2 aromatic rings. The molecule has 9 nitrogen and oxygen atoms in total. The van der Waals surface area contributed by atoms with Crippen LogP contribution in [-0.2, 0) is 29.2 Å². The van der Waals surface area contributed by atoms with E-state index in [0.29, 0.717) is 18.6 Å². The van der Waals surface area contributed by atoms with Crippen LogP contribution in [-0.4, -0.2) is 64.6 Å². The zero-order chi connectivity index (χ0) is 21.3. The van der Waals surface area contributed by atoms with Crippen molar-refractivity contribution in [3.05, 3.63) is 47.8 Å². The molecular formula is C21H32IN7O2. The van der Waals surface area contributed by atoms with Gasteiger partial charge >= 0.3 is 5.97 Å². The number of halogens is 1. The number of likely N-dealkylation sites (tertiary alicyclic amines) is 1. The summed E-state index contributed by atoms with van der Waals surface area (Å²) in [5.41, 5.74) is 2.08. The van der Waals surface area contributed by atoms with E-state index in [2.05, 4.69) is 72.8 Å². The lowest BCUT2D eigenvalue weighted by Gasteiger charge is -2.38. The van der Waals surface area contributed by atoms with Gasteiger partial charge in [0.1, 0.15) is 12.2 Å². The van der Waals surface area contributed by atoms with E-state index in [1.165, 1.54) is 17.4 Å². The molecule has 1 aliphatic rings. The molecule has 3 rings (SSSR count). The Bertz CT molecular complexity index is 843. The molecule has 0 spiro atoms. The number of benzene rings is 1. The number of aliphatic imine (C=N–C) groups is 1. The van der Waals surface area contributed by atoms with Crippen LogP contribution in [0, 0.1) is 0 Å². The fourth-order valence-electron chi connectivity index (χ4n) is 3.66. The van der Waals surface area contributed by atoms with Gasteiger partial charge in [0.05, 0.1) is 19.9 Å². The van der Waals surface area contributed by atoms with Gasteiger partial charge in [-0.15, -0.1) is 29.1 Å². The fraction of sp³-hybridized carbons (Fsp3) is 0.524. The molecule has 1 aromatic carbocycles. The molecule has 0 radical (unpaired) electrons. The second-order valence-electron chi connectivity index (χ2n) is 7.58. The molecule has 1 aliphatic heterocycles. The van der Waals surface area contributed by atoms with E-state index < -0.39 is 0 Å². The van der Waals surface area contributed by atoms with Gasteiger partial charge in [0.2, 0.25) is 0 Å². The third-order valence-electron chi connectivity index (χ3n) is 5.35. The highest BCUT2D eigenvalue weighted by Gasteiger charge is 2.26. The summed E-state index contributed by atoms with van der Waals surface area (Å²) in [5.74, 6) is 0.385. The van der Waals surface area contributed by atoms with Gasteiger partial charge in [0.15, 0.2) is 5.96 Å². The summed E-state index contributed by atoms with van der Waals surface area (Å²) >= 11 is 0. The summed E-state index contributed by atoms with van der Waals surface area (Å²) in [6, 6.07) is 11.5. The van der Waals surface area contributed by atoms with E-state index in [-0.39, 0.29) is 36.5 Å². The van der Waals surface area contributed by atoms with Crippen molar-refractivity contribution in [2.24, 2.45) is 4.99 Å². The lowest BCUT2D eigenvalue weighted by atomic mass is 9.97. The van der Waals surface area contributed by atoms with Crippen molar-refractivity contribution in [3.63, 3.8) is 0 Å². The highest BCUT2D eigenvalue weighted by Crippen LogP contribution is 2.19. The standard InChI is InChI=1S/C21H31N7O2.HI/c1-16-11-18(9-10-27(16)13-17-7-5-4-6-8-17)24-21(22-2)23-12-19-14-28(26-25-19)15-20(29)30-3;/h4-8,14,16,18H,9-13,15H2,1-3H3,(H2,22,23,24);1H. The highest BCUT2D eigenvalue weighted by atomic mass is 127. The minimum Gasteiger partial charge on any atom is -0.468 e. The summed E-state index contributed by atoms with van der Waals surface area (Å²) in [6.07, 6.45) is 3.84. The first kappa shape index (κ1) is 25.1. The molecule has 31 heavy (non-hydrogen) atoms. The smallest absolute Gasteiger partial charge is 0.327 e. The predicted molar refractivity (Wildman–Crippen MR) is 130 cm³/mol. The van der Waals surface area contributed by atoms with Crippen LogP contribution >= 0.6 is 24.0 Å². The SMILES string of the molecule is CN=C(NCc1cn(CC(=O)OC)nn1)NC1CCN(Cc2ccccc2)C(C)C1.I. The Morgan fingerprint density at radius 2 is 2.10 bits per heavy atom. The zero-order valence-electron chi connectivity index (χ0n) is 18.3. The Kier molecular flexibility index (Phi) is 10.2. The van der Waals surface area contributed by atoms with Crippen molar-refractivity contribution in [2.45, 2.75) is 51.5 Å². The Balaban J connectivity index is 0.00000341. The third-order valence-corrected chi connectivity index (χ3v) is 5.35. The highest BCUT2D eigenvalue weighted by molar-refractivity contribution is 14.0. The summed E-state index contributed by atoms with van der Waals surface area (Å²) in [6.45, 7) is 4.85. The number of aromatic nitrogens is 3. The van der Waals surface area contributed by atoms with Crippen molar-refractivity contribution < 1.29 is 9.53 Å². The number of methoxy groups -OCH3 is 1. The molecule has 1 aromatic heterocycles. The first-order valence-electron chi connectivity index (χ1n) is 10.3. The molecule has 0 aliphatic carbocycles. The summed E-state index contributed by atoms with van der Waals surface area (Å²) in [7, 11) is 3.11. The molecule has 1 saturated heterocycles. The molecular weight excluding hydrogens is 509 g/mol. The Hall–Kier alpha value is -2.21. The number of guanidine groups is 1. The second kappa shape index (κ2) is 12.6. The molecule has 1 fully saturated rings. The lowest BCUT2D eigenvalue weighted by Crippen LogP contribution is -2.51. The first-order chi connectivity index (χ1) is 14.6. The van der Waals surface area contributed by atoms with E-state index in [9.17, 15) is 4.79 Å². The summed E-state index contributed by atoms with van der Waals surface area (Å²) in [5, 5.41) is 14.8. The number of piperidine rings is 1. The van der Waals surface area contributed by atoms with Crippen LogP contribution in [0.2, 0.25) is 0 Å². The van der Waals surface area contributed by atoms with Crippen LogP contribution in [0.15, 0.2) is 41.5 Å². The number of hydrogen-bond acceptors (Lipinski definition) is 6. The van der Waals surface area contributed by atoms with Crippen molar-refractivity contribution >= 4 is 35.9 Å². The number of nitrogens with one attached hydrogen (secondary N) is 2. The van der Waals surface area contributed by atoms with Gasteiger partial charge < -0.3 is 15.4 Å². The molecule has 0 amide bonds. The lowest BCUT2D eigenvalue weighted by molar-refractivity contribution is -0.141. The third kappa shape index (κ3) is 7.76. The van der Waals surface area contributed by atoms with Crippen LogP contribution in [0.5, 0.6) is 0 Å². The maximum Gasteiger partial charge on any atom is 0.327 e. The quantitative estimate of drug-likeness (QED) is 0.239. The molecule has 0 saturated carbocycles. The van der Waals surface area contributed by atoms with Crippen LogP contribution in [0.1, 0.15) is 31.0 Å². The largest absolute Gasteiger partial charge is 0.468 e. The zero-order valence-corrected chi connectivity index (χ0v) is 20.7. The number of rotatable bonds is 7.